The van der Waals surface area contributed by atoms with Crippen molar-refractivity contribution in [2.45, 2.75) is 95.6 Å². The Balaban J connectivity index is 1.46. The molecule has 1 aromatic rings. The number of nitrogens with two attached hydrogens (primary N) is 1. The molecule has 11 nitrogen and oxygen atoms in total. The lowest BCUT2D eigenvalue weighted by Crippen LogP contribution is -2.71. The molecule has 0 radical (unpaired) electrons. The van der Waals surface area contributed by atoms with E-state index in [0.717, 1.165) is 11.1 Å². The number of amides is 1. The van der Waals surface area contributed by atoms with Gasteiger partial charge in [0.05, 0.1) is 23.5 Å². The summed E-state index contributed by atoms with van der Waals surface area (Å²) in [6.45, 7) is 9.89. The normalized spacial score (nSPS) is 28.4. The van der Waals surface area contributed by atoms with Crippen LogP contribution >= 0.6 is 0 Å². The first-order valence-corrected chi connectivity index (χ1v) is 14.3. The fourth-order valence-electron chi connectivity index (χ4n) is 6.54. The van der Waals surface area contributed by atoms with Crippen LogP contribution in [0.2, 0.25) is 0 Å². The Kier molecular flexibility index (Phi) is 8.73. The molecule has 0 saturated carbocycles. The van der Waals surface area contributed by atoms with Gasteiger partial charge in [-0.2, -0.15) is 0 Å². The Labute approximate surface area is 241 Å². The molecule has 11 heteroatoms. The maximum atomic E-state index is 13.1. The zero-order chi connectivity index (χ0) is 30.3. The molecule has 4 rings (SSSR count). The van der Waals surface area contributed by atoms with Crippen molar-refractivity contribution in [3.8, 4) is 11.5 Å². The number of aryl methyl sites for hydroxylation is 1. The number of carbonyl (C=O) groups excluding carboxylic acids is 3. The summed E-state index contributed by atoms with van der Waals surface area (Å²) in [5, 5.41) is 25.5. The lowest BCUT2D eigenvalue weighted by molar-refractivity contribution is -0.171. The van der Waals surface area contributed by atoms with Crippen molar-refractivity contribution in [3.63, 3.8) is 0 Å². The molecule has 3 aliphatic rings. The summed E-state index contributed by atoms with van der Waals surface area (Å²) in [6.07, 6.45) is 0.658. The number of hydrogen-bond donors (Lipinski definition) is 4. The molecule has 0 aromatic heterocycles. The average Bonchev–Trinajstić information content (AvgIpc) is 3.27. The third-order valence-electron chi connectivity index (χ3n) is 8.88. The highest BCUT2D eigenvalue weighted by atomic mass is 16.6. The Morgan fingerprint density at radius 3 is 2.66 bits per heavy atom. The number of carbonyl (C=O) groups is 3. The van der Waals surface area contributed by atoms with Crippen LogP contribution < -0.4 is 15.8 Å². The van der Waals surface area contributed by atoms with Crippen molar-refractivity contribution in [2.75, 3.05) is 20.1 Å². The van der Waals surface area contributed by atoms with Crippen LogP contribution in [-0.2, 0) is 29.3 Å². The van der Waals surface area contributed by atoms with Crippen LogP contribution in [0, 0.1) is 12.8 Å². The van der Waals surface area contributed by atoms with Gasteiger partial charge in [-0.15, -0.1) is 0 Å². The molecular formula is C30H43N3O8. The standard InChI is InChI=1S/C30H43N3O8/c1-16(2)15-20(31)27(36)32-13-10-23(35)39-18(4)28(37)40-22-9-11-30(38)19(5)33(6)14-12-29(30)24-17(3)7-8-21(34)25(24)41-26(22)29/h7-9,16,18-20,26,34,38H,10-15,31H2,1-6H3,(H,32,36)/t18-,19+,20-,26-,29-,30+/m0/s1. The van der Waals surface area contributed by atoms with E-state index in [0.29, 0.717) is 19.4 Å². The number of phenols is 1. The van der Waals surface area contributed by atoms with E-state index in [1.165, 1.54) is 6.92 Å². The van der Waals surface area contributed by atoms with Crippen LogP contribution in [0.15, 0.2) is 24.0 Å². The molecule has 5 N–H and O–H groups in total. The van der Waals surface area contributed by atoms with Crippen molar-refractivity contribution in [1.82, 2.24) is 10.2 Å². The Morgan fingerprint density at radius 2 is 1.98 bits per heavy atom. The van der Waals surface area contributed by atoms with Crippen LogP contribution in [0.4, 0.5) is 0 Å². The van der Waals surface area contributed by atoms with Crippen molar-refractivity contribution < 1.29 is 38.8 Å². The van der Waals surface area contributed by atoms with Crippen molar-refractivity contribution >= 4 is 17.8 Å². The minimum absolute atomic E-state index is 0.0289. The molecule has 41 heavy (non-hydrogen) atoms. The molecule has 2 aliphatic heterocycles. The number of fused-ring (bicyclic) bond motifs is 1. The van der Waals surface area contributed by atoms with Crippen LogP contribution in [0.5, 0.6) is 11.5 Å². The van der Waals surface area contributed by atoms with Crippen LogP contribution in [0.1, 0.15) is 64.5 Å². The predicted octanol–water partition coefficient (Wildman–Crippen LogP) is 1.80. The van der Waals surface area contributed by atoms with Gasteiger partial charge < -0.3 is 40.4 Å². The van der Waals surface area contributed by atoms with Crippen LogP contribution in [0.25, 0.3) is 0 Å². The first-order chi connectivity index (χ1) is 19.2. The number of benzene rings is 1. The highest BCUT2D eigenvalue weighted by Crippen LogP contribution is 2.62. The maximum Gasteiger partial charge on any atom is 0.352 e. The number of phenolic OH excluding ortho intramolecular Hbond substituents is 1. The first-order valence-electron chi connectivity index (χ1n) is 14.3. The molecule has 1 fully saturated rings. The number of esters is 2. The quantitative estimate of drug-likeness (QED) is 0.321. The monoisotopic (exact) mass is 573 g/mol. The molecule has 1 amide bonds. The molecule has 6 atom stereocenters. The topological polar surface area (TPSA) is 161 Å². The SMILES string of the molecule is Cc1ccc(O)c2c1[C@]13CCN(C)[C@H](C)[C@]1(O)CC=C(OC(=O)[C@H](C)OC(=O)CCNC(=O)[C@@H](N)CC(C)C)[C@@H]3O2. The predicted molar refractivity (Wildman–Crippen MR) is 150 cm³/mol. The number of rotatable bonds is 9. The van der Waals surface area contributed by atoms with Gasteiger partial charge in [0.1, 0.15) is 5.76 Å². The summed E-state index contributed by atoms with van der Waals surface area (Å²) >= 11 is 0. The summed E-state index contributed by atoms with van der Waals surface area (Å²) in [4.78, 5) is 39.6. The van der Waals surface area contributed by atoms with Crippen molar-refractivity contribution in [3.05, 3.63) is 35.1 Å². The van der Waals surface area contributed by atoms with Gasteiger partial charge in [0, 0.05) is 24.6 Å². The molecule has 1 aromatic carbocycles. The Bertz CT molecular complexity index is 1230. The summed E-state index contributed by atoms with van der Waals surface area (Å²) in [7, 11) is 1.96. The molecule has 1 spiro atoms. The van der Waals surface area contributed by atoms with Gasteiger partial charge >= 0.3 is 11.9 Å². The highest BCUT2D eigenvalue weighted by molar-refractivity contribution is 5.83. The van der Waals surface area contributed by atoms with Gasteiger partial charge in [-0.25, -0.2) is 4.79 Å². The summed E-state index contributed by atoms with van der Waals surface area (Å²) in [5.41, 5.74) is 5.22. The highest BCUT2D eigenvalue weighted by Gasteiger charge is 2.69. The van der Waals surface area contributed by atoms with Gasteiger partial charge in [-0.1, -0.05) is 19.9 Å². The van der Waals surface area contributed by atoms with Crippen LogP contribution in [0.3, 0.4) is 0 Å². The van der Waals surface area contributed by atoms with E-state index in [-0.39, 0.29) is 54.5 Å². The average molecular weight is 574 g/mol. The molecule has 0 unspecified atom stereocenters. The third-order valence-corrected chi connectivity index (χ3v) is 8.88. The van der Waals surface area contributed by atoms with Crippen molar-refractivity contribution in [2.24, 2.45) is 11.7 Å². The fraction of sp³-hybridized carbons (Fsp3) is 0.633. The zero-order valence-corrected chi connectivity index (χ0v) is 24.7. The molecule has 0 bridgehead atoms. The largest absolute Gasteiger partial charge is 0.504 e. The van der Waals surface area contributed by atoms with E-state index < -0.39 is 41.2 Å². The first kappa shape index (κ1) is 30.8. The number of aliphatic hydroxyl groups is 1. The number of ether oxygens (including phenoxy) is 3. The second kappa shape index (κ2) is 11.6. The Morgan fingerprint density at radius 1 is 1.27 bits per heavy atom. The summed E-state index contributed by atoms with van der Waals surface area (Å²) in [5.74, 6) is -1.12. The smallest absolute Gasteiger partial charge is 0.352 e. The number of piperidine rings is 1. The van der Waals surface area contributed by atoms with E-state index in [9.17, 15) is 24.6 Å². The van der Waals surface area contributed by atoms with E-state index in [2.05, 4.69) is 10.2 Å². The molecule has 2 heterocycles. The second-order valence-corrected chi connectivity index (χ2v) is 12.0. The number of hydrogen-bond acceptors (Lipinski definition) is 10. The second-order valence-electron chi connectivity index (χ2n) is 12.0. The minimum atomic E-state index is -1.26. The van der Waals surface area contributed by atoms with E-state index >= 15 is 0 Å². The van der Waals surface area contributed by atoms with Gasteiger partial charge in [-0.3, -0.25) is 9.59 Å². The van der Waals surface area contributed by atoms with Gasteiger partial charge in [-0.05, 0) is 70.8 Å². The summed E-state index contributed by atoms with van der Waals surface area (Å²) < 4.78 is 17.3. The molecular weight excluding hydrogens is 530 g/mol. The molecule has 1 saturated heterocycles. The molecule has 226 valence electrons. The van der Waals surface area contributed by atoms with Gasteiger partial charge in [0.25, 0.3) is 0 Å². The number of likely N-dealkylation sites (tertiary alicyclic amines) is 1. The third kappa shape index (κ3) is 5.42. The lowest BCUT2D eigenvalue weighted by atomic mass is 9.54. The minimum Gasteiger partial charge on any atom is -0.504 e. The molecule has 1 aliphatic carbocycles. The summed E-state index contributed by atoms with van der Waals surface area (Å²) in [6, 6.07) is 2.44. The van der Waals surface area contributed by atoms with Gasteiger partial charge in [0.15, 0.2) is 23.7 Å². The van der Waals surface area contributed by atoms with E-state index in [1.807, 2.05) is 34.7 Å². The Hall–Kier alpha value is -3.15. The number of nitrogens with one attached hydrogen (secondary N) is 1. The number of nitrogens with zero attached hydrogens (tertiary/aromatic N) is 1. The number of aromatic hydroxyl groups is 1. The van der Waals surface area contributed by atoms with Crippen molar-refractivity contribution in [1.29, 1.82) is 0 Å². The van der Waals surface area contributed by atoms with Gasteiger partial charge in [0.2, 0.25) is 5.91 Å². The fourth-order valence-corrected chi connectivity index (χ4v) is 6.54. The number of likely N-dealkylation sites (N-methyl/N-ethyl adjacent to an activating group) is 1. The lowest BCUT2D eigenvalue weighted by Gasteiger charge is -2.58. The van der Waals surface area contributed by atoms with Crippen LogP contribution in [-0.4, -0.2) is 83.0 Å². The van der Waals surface area contributed by atoms with E-state index in [4.69, 9.17) is 19.9 Å². The zero-order valence-electron chi connectivity index (χ0n) is 24.7. The van der Waals surface area contributed by atoms with E-state index in [1.54, 1.807) is 18.2 Å². The maximum absolute atomic E-state index is 13.1.